The van der Waals surface area contributed by atoms with Gasteiger partial charge in [-0.1, -0.05) is 12.2 Å². The van der Waals surface area contributed by atoms with Crippen molar-refractivity contribution in [3.05, 3.63) is 23.3 Å². The van der Waals surface area contributed by atoms with Crippen molar-refractivity contribution in [1.29, 1.82) is 0 Å². The molecule has 0 aliphatic carbocycles. The number of imide groups is 2. The monoisotopic (exact) mass is 858 g/mol. The molecule has 0 aromatic rings. The second-order valence-electron chi connectivity index (χ2n) is 17.1. The summed E-state index contributed by atoms with van der Waals surface area (Å²) in [6, 6.07) is -2.60. The topological polar surface area (TPSA) is 217 Å². The van der Waals surface area contributed by atoms with Crippen molar-refractivity contribution < 1.29 is 76.3 Å². The van der Waals surface area contributed by atoms with Crippen molar-refractivity contribution in [2.45, 2.75) is 171 Å². The first-order valence-electron chi connectivity index (χ1n) is 19.6. The largest absolute Gasteiger partial charge is 0.467 e. The SMILES string of the molecule is CCOC(=O)/C(C)=C/CC[C@@H](C(=O)OC)N(C(=O)OC(C)(C)C)C(=O)OC(C)(C)C.CCOC(=O)/C(C)=C\CC[C@@H](C(=O)OC)N(C(=O)OC(C)(C)C)C(=O)OC(C)(C)C. The van der Waals surface area contributed by atoms with Crippen molar-refractivity contribution >= 4 is 48.3 Å². The van der Waals surface area contributed by atoms with Gasteiger partial charge in [-0.2, -0.15) is 9.80 Å². The first-order valence-corrected chi connectivity index (χ1v) is 19.6. The average molecular weight is 859 g/mol. The Balaban J connectivity index is 0. The van der Waals surface area contributed by atoms with Gasteiger partial charge < -0.3 is 37.9 Å². The summed E-state index contributed by atoms with van der Waals surface area (Å²) >= 11 is 0. The molecule has 0 bridgehead atoms. The van der Waals surface area contributed by atoms with E-state index in [9.17, 15) is 38.4 Å². The Morgan fingerprint density at radius 1 is 0.467 bits per heavy atom. The highest BCUT2D eigenvalue weighted by Gasteiger charge is 2.42. The predicted molar refractivity (Wildman–Crippen MR) is 219 cm³/mol. The zero-order valence-corrected chi connectivity index (χ0v) is 39.0. The number of hydrogen-bond acceptors (Lipinski definition) is 16. The fourth-order valence-corrected chi connectivity index (χ4v) is 4.45. The number of allylic oxidation sites excluding steroid dienone is 2. The summed E-state index contributed by atoms with van der Waals surface area (Å²) in [6.45, 7) is 26.6. The maximum atomic E-state index is 12.7. The van der Waals surface area contributed by atoms with E-state index in [2.05, 4.69) is 0 Å². The van der Waals surface area contributed by atoms with Gasteiger partial charge in [-0.15, -0.1) is 0 Å². The number of amides is 4. The quantitative estimate of drug-likeness (QED) is 0.0919. The molecule has 0 radical (unpaired) electrons. The lowest BCUT2D eigenvalue weighted by molar-refractivity contribution is -0.147. The van der Waals surface area contributed by atoms with Gasteiger partial charge >= 0.3 is 48.3 Å². The number of ether oxygens (including phenoxy) is 8. The molecule has 0 heterocycles. The summed E-state index contributed by atoms with van der Waals surface area (Å²) < 4.78 is 40.6. The van der Waals surface area contributed by atoms with Gasteiger partial charge in [0.05, 0.1) is 27.4 Å². The first-order chi connectivity index (χ1) is 27.2. The standard InChI is InChI=1S/2C21H35NO8/c2*1-10-28-16(23)14(2)12-11-13-15(17(24)27-9)22(18(25)29-20(3,4)5)19(26)30-21(6,7)8/h2*12,15H,10-11,13H2,1-9H3/b14-12+;14-12-/t2*15-/m00/s1. The number of hydrogen-bond donors (Lipinski definition) is 0. The zero-order chi connectivity index (χ0) is 47.4. The Hall–Kier alpha value is -5.16. The van der Waals surface area contributed by atoms with Gasteiger partial charge in [0.25, 0.3) is 0 Å². The summed E-state index contributed by atoms with van der Waals surface area (Å²) in [5.74, 6) is -2.59. The van der Waals surface area contributed by atoms with Crippen LogP contribution in [0.15, 0.2) is 23.3 Å². The predicted octanol–water partition coefficient (Wildman–Crippen LogP) is 7.98. The van der Waals surface area contributed by atoms with Crippen LogP contribution in [0.25, 0.3) is 0 Å². The maximum absolute atomic E-state index is 12.7. The maximum Gasteiger partial charge on any atom is 0.420 e. The molecule has 0 N–H and O–H groups in total. The molecule has 0 unspecified atom stereocenters. The molecular weight excluding hydrogens is 788 g/mol. The van der Waals surface area contributed by atoms with Crippen molar-refractivity contribution in [3.8, 4) is 0 Å². The molecule has 0 aromatic carbocycles. The van der Waals surface area contributed by atoms with Gasteiger partial charge in [0.1, 0.15) is 34.5 Å². The van der Waals surface area contributed by atoms with Crippen molar-refractivity contribution in [3.63, 3.8) is 0 Å². The minimum Gasteiger partial charge on any atom is -0.467 e. The van der Waals surface area contributed by atoms with Gasteiger partial charge in [-0.05, 0) is 136 Å². The summed E-state index contributed by atoms with van der Waals surface area (Å²) in [4.78, 5) is 101. The number of methoxy groups -OCH3 is 2. The lowest BCUT2D eigenvalue weighted by Crippen LogP contribution is -2.52. The van der Waals surface area contributed by atoms with E-state index in [0.29, 0.717) is 20.9 Å². The molecule has 0 spiro atoms. The Morgan fingerprint density at radius 2 is 0.700 bits per heavy atom. The van der Waals surface area contributed by atoms with Gasteiger partial charge in [0.15, 0.2) is 0 Å². The molecule has 18 heteroatoms. The highest BCUT2D eigenvalue weighted by Crippen LogP contribution is 2.22. The van der Waals surface area contributed by atoms with Crippen LogP contribution in [0, 0.1) is 0 Å². The number of rotatable bonds is 14. The molecule has 0 aliphatic heterocycles. The van der Waals surface area contributed by atoms with E-state index in [4.69, 9.17) is 37.9 Å². The molecule has 0 saturated carbocycles. The summed E-state index contributed by atoms with van der Waals surface area (Å²) in [5.41, 5.74) is -2.92. The minimum absolute atomic E-state index is 0.00189. The van der Waals surface area contributed by atoms with Crippen LogP contribution in [0.2, 0.25) is 0 Å². The fourth-order valence-electron chi connectivity index (χ4n) is 4.45. The second kappa shape index (κ2) is 25.5. The van der Waals surface area contributed by atoms with Crippen LogP contribution in [0.1, 0.15) is 136 Å². The average Bonchev–Trinajstić information content (AvgIpc) is 3.07. The molecule has 18 nitrogen and oxygen atoms in total. The van der Waals surface area contributed by atoms with E-state index >= 15 is 0 Å². The van der Waals surface area contributed by atoms with Gasteiger partial charge in [-0.3, -0.25) is 0 Å². The van der Waals surface area contributed by atoms with Crippen molar-refractivity contribution in [2.24, 2.45) is 0 Å². The molecule has 0 fully saturated rings. The van der Waals surface area contributed by atoms with Gasteiger partial charge in [0.2, 0.25) is 0 Å². The second-order valence-corrected chi connectivity index (χ2v) is 17.1. The number of carbonyl (C=O) groups is 8. The van der Waals surface area contributed by atoms with Crippen molar-refractivity contribution in [1.82, 2.24) is 9.80 Å². The summed E-state index contributed by atoms with van der Waals surface area (Å²) in [7, 11) is 2.30. The Labute approximate surface area is 355 Å². The highest BCUT2D eigenvalue weighted by molar-refractivity contribution is 5.95. The molecule has 2 atom stereocenters. The summed E-state index contributed by atoms with van der Waals surface area (Å²) in [6.07, 6.45) is -0.580. The molecule has 0 aliphatic rings. The molecule has 0 rings (SSSR count). The van der Waals surface area contributed by atoms with Gasteiger partial charge in [-0.25, -0.2) is 38.4 Å². The third kappa shape index (κ3) is 24.1. The molecule has 0 saturated heterocycles. The fraction of sp³-hybridized carbons (Fsp3) is 0.714. The lowest BCUT2D eigenvalue weighted by Gasteiger charge is -2.32. The third-order valence-corrected chi connectivity index (χ3v) is 6.91. The van der Waals surface area contributed by atoms with Crippen LogP contribution in [0.3, 0.4) is 0 Å². The smallest absolute Gasteiger partial charge is 0.420 e. The highest BCUT2D eigenvalue weighted by atomic mass is 16.6. The molecule has 344 valence electrons. The molecule has 60 heavy (non-hydrogen) atoms. The minimum atomic E-state index is -1.30. The van der Waals surface area contributed by atoms with E-state index in [1.807, 2.05) is 0 Å². The van der Waals surface area contributed by atoms with Crippen LogP contribution in [0.5, 0.6) is 0 Å². The summed E-state index contributed by atoms with van der Waals surface area (Å²) in [5, 5.41) is 0. The first kappa shape index (κ1) is 56.9. The van der Waals surface area contributed by atoms with E-state index in [1.165, 1.54) is 0 Å². The van der Waals surface area contributed by atoms with Crippen molar-refractivity contribution in [2.75, 3.05) is 27.4 Å². The van der Waals surface area contributed by atoms with Crippen LogP contribution < -0.4 is 0 Å². The molecular formula is C42H70N2O16. The number of carbonyl (C=O) groups excluding carboxylic acids is 8. The van der Waals surface area contributed by atoms with E-state index in [-0.39, 0.29) is 38.9 Å². The van der Waals surface area contributed by atoms with Crippen LogP contribution in [-0.2, 0) is 57.1 Å². The van der Waals surface area contributed by atoms with E-state index in [1.54, 1.807) is 123 Å². The normalized spacial score (nSPS) is 13.2. The van der Waals surface area contributed by atoms with E-state index < -0.39 is 82.7 Å². The van der Waals surface area contributed by atoms with Gasteiger partial charge in [0, 0.05) is 11.1 Å². The third-order valence-electron chi connectivity index (χ3n) is 6.91. The Bertz CT molecular complexity index is 1370. The lowest BCUT2D eigenvalue weighted by atomic mass is 10.1. The Kier molecular flexibility index (Phi) is 24.2. The number of esters is 4. The molecule has 0 aromatic heterocycles. The zero-order valence-electron chi connectivity index (χ0n) is 39.0. The molecule has 4 amide bonds. The van der Waals surface area contributed by atoms with E-state index in [0.717, 1.165) is 14.2 Å². The van der Waals surface area contributed by atoms with Crippen LogP contribution in [0.4, 0.5) is 19.2 Å². The van der Waals surface area contributed by atoms with Crippen LogP contribution >= 0.6 is 0 Å². The Morgan fingerprint density at radius 3 is 0.883 bits per heavy atom. The number of nitrogens with zero attached hydrogens (tertiary/aromatic N) is 2. The van der Waals surface area contributed by atoms with Crippen LogP contribution in [-0.4, -0.2) is 120 Å².